The summed E-state index contributed by atoms with van der Waals surface area (Å²) in [6, 6.07) is 14.7. The molecule has 3 nitrogen and oxygen atoms in total. The van der Waals surface area contributed by atoms with E-state index in [1.165, 1.54) is 29.5 Å². The van der Waals surface area contributed by atoms with Gasteiger partial charge in [0.05, 0.1) is 6.42 Å². The van der Waals surface area contributed by atoms with Crippen molar-refractivity contribution in [1.82, 2.24) is 4.90 Å². The fourth-order valence-corrected chi connectivity index (χ4v) is 3.94. The third kappa shape index (κ3) is 3.38. The zero-order valence-corrected chi connectivity index (χ0v) is 15.1. The number of hydrogen-bond acceptors (Lipinski definition) is 2. The van der Waals surface area contributed by atoms with Crippen LogP contribution in [0.4, 0.5) is 0 Å². The van der Waals surface area contributed by atoms with Gasteiger partial charge in [-0.2, -0.15) is 0 Å². The zero-order chi connectivity index (χ0) is 18.1. The molecule has 2 aromatic carbocycles. The number of aryl methyl sites for hydroxylation is 1. The molecule has 1 saturated carbocycles. The molecule has 132 valence electrons. The lowest BCUT2D eigenvalue weighted by molar-refractivity contribution is -0.137. The van der Waals surface area contributed by atoms with Gasteiger partial charge >= 0.3 is 5.97 Å². The van der Waals surface area contributed by atoms with E-state index in [2.05, 4.69) is 54.0 Å². The average molecular weight is 345 g/mol. The fourth-order valence-electron chi connectivity index (χ4n) is 3.94. The van der Waals surface area contributed by atoms with E-state index in [1.54, 1.807) is 0 Å². The van der Waals surface area contributed by atoms with E-state index in [0.717, 1.165) is 24.2 Å². The zero-order valence-electron chi connectivity index (χ0n) is 15.1. The Bertz CT molecular complexity index is 915. The standard InChI is InChI=1S/C23H23NO2/c1-17-4-2-3-5-19(17)8-6-18-7-9-20-15-24(13-10-22(25)26)16-23(11-12-23)21(20)14-18/h2-5,7,9,14H,10-13,15-16H2,1H3,(H,25,26). The lowest BCUT2D eigenvalue weighted by Gasteiger charge is -2.35. The monoisotopic (exact) mass is 345 g/mol. The molecule has 0 atom stereocenters. The minimum absolute atomic E-state index is 0.214. The first-order valence-corrected chi connectivity index (χ1v) is 9.21. The second-order valence-electron chi connectivity index (χ2n) is 7.57. The van der Waals surface area contributed by atoms with Crippen molar-refractivity contribution in [1.29, 1.82) is 0 Å². The lowest BCUT2D eigenvalue weighted by Crippen LogP contribution is -2.39. The summed E-state index contributed by atoms with van der Waals surface area (Å²) in [6.07, 6.45) is 2.60. The molecule has 1 aliphatic carbocycles. The highest BCUT2D eigenvalue weighted by Gasteiger charge is 2.48. The average Bonchev–Trinajstić information content (AvgIpc) is 3.39. The summed E-state index contributed by atoms with van der Waals surface area (Å²) in [6.45, 7) is 4.53. The highest BCUT2D eigenvalue weighted by molar-refractivity contribution is 5.66. The Morgan fingerprint density at radius 2 is 2.00 bits per heavy atom. The van der Waals surface area contributed by atoms with Gasteiger partial charge in [-0.3, -0.25) is 9.69 Å². The van der Waals surface area contributed by atoms with Crippen molar-refractivity contribution in [2.75, 3.05) is 13.1 Å². The second-order valence-corrected chi connectivity index (χ2v) is 7.57. The smallest absolute Gasteiger partial charge is 0.304 e. The van der Waals surface area contributed by atoms with Crippen LogP contribution in [0.25, 0.3) is 0 Å². The van der Waals surface area contributed by atoms with E-state index in [0.29, 0.717) is 6.54 Å². The third-order valence-corrected chi connectivity index (χ3v) is 5.58. The van der Waals surface area contributed by atoms with Crippen molar-refractivity contribution in [3.63, 3.8) is 0 Å². The first-order chi connectivity index (χ1) is 12.6. The van der Waals surface area contributed by atoms with Crippen molar-refractivity contribution in [2.45, 2.75) is 38.1 Å². The predicted molar refractivity (Wildman–Crippen MR) is 102 cm³/mol. The third-order valence-electron chi connectivity index (χ3n) is 5.58. The number of benzene rings is 2. The van der Waals surface area contributed by atoms with Crippen molar-refractivity contribution in [3.8, 4) is 11.8 Å². The van der Waals surface area contributed by atoms with Crippen LogP contribution < -0.4 is 0 Å². The number of hydrogen-bond donors (Lipinski definition) is 1. The van der Waals surface area contributed by atoms with Gasteiger partial charge in [-0.1, -0.05) is 36.1 Å². The first kappa shape index (κ1) is 16.9. The van der Waals surface area contributed by atoms with Gasteiger partial charge in [-0.15, -0.1) is 0 Å². The van der Waals surface area contributed by atoms with Crippen molar-refractivity contribution < 1.29 is 9.90 Å². The van der Waals surface area contributed by atoms with Gasteiger partial charge in [0.25, 0.3) is 0 Å². The molecule has 0 unspecified atom stereocenters. The van der Waals surface area contributed by atoms with E-state index < -0.39 is 5.97 Å². The molecule has 1 aliphatic heterocycles. The molecule has 2 aliphatic rings. The molecule has 2 aromatic rings. The van der Waals surface area contributed by atoms with Crippen LogP contribution in [0.5, 0.6) is 0 Å². The Hall–Kier alpha value is -2.57. The van der Waals surface area contributed by atoms with E-state index in [1.807, 2.05) is 12.1 Å². The minimum Gasteiger partial charge on any atom is -0.481 e. The number of rotatable bonds is 3. The largest absolute Gasteiger partial charge is 0.481 e. The van der Waals surface area contributed by atoms with E-state index >= 15 is 0 Å². The molecule has 26 heavy (non-hydrogen) atoms. The number of carbonyl (C=O) groups is 1. The number of carboxylic acid groups (broad SMARTS) is 1. The van der Waals surface area contributed by atoms with Crippen LogP contribution in [0.3, 0.4) is 0 Å². The molecule has 0 aromatic heterocycles. The Balaban J connectivity index is 1.58. The van der Waals surface area contributed by atoms with Gasteiger partial charge in [0.1, 0.15) is 0 Å². The normalized spacial score (nSPS) is 17.3. The highest BCUT2D eigenvalue weighted by Crippen LogP contribution is 2.52. The molecule has 3 heteroatoms. The summed E-state index contributed by atoms with van der Waals surface area (Å²) in [5, 5.41) is 8.95. The summed E-state index contributed by atoms with van der Waals surface area (Å²) in [5.41, 5.74) is 6.34. The maximum absolute atomic E-state index is 10.9. The summed E-state index contributed by atoms with van der Waals surface area (Å²) < 4.78 is 0. The molecular weight excluding hydrogens is 322 g/mol. The number of aliphatic carboxylic acids is 1. The maximum Gasteiger partial charge on any atom is 0.304 e. The van der Waals surface area contributed by atoms with Crippen LogP contribution in [0.1, 0.15) is 47.1 Å². The first-order valence-electron chi connectivity index (χ1n) is 9.21. The van der Waals surface area contributed by atoms with Crippen LogP contribution in [0.2, 0.25) is 0 Å². The van der Waals surface area contributed by atoms with E-state index in [9.17, 15) is 4.79 Å². The summed E-state index contributed by atoms with van der Waals surface area (Å²) >= 11 is 0. The van der Waals surface area contributed by atoms with Gasteiger partial charge in [0.2, 0.25) is 0 Å². The van der Waals surface area contributed by atoms with Gasteiger partial charge in [0, 0.05) is 36.2 Å². The molecule has 0 amide bonds. The fraction of sp³-hybridized carbons (Fsp3) is 0.348. The topological polar surface area (TPSA) is 40.5 Å². The Kier molecular flexibility index (Phi) is 4.30. The van der Waals surface area contributed by atoms with Crippen LogP contribution in [-0.4, -0.2) is 29.1 Å². The van der Waals surface area contributed by atoms with E-state index in [4.69, 9.17) is 5.11 Å². The predicted octanol–water partition coefficient (Wildman–Crippen LogP) is 3.72. The Morgan fingerprint density at radius 1 is 1.19 bits per heavy atom. The van der Waals surface area contributed by atoms with Crippen molar-refractivity contribution >= 4 is 5.97 Å². The van der Waals surface area contributed by atoms with Crippen molar-refractivity contribution in [3.05, 3.63) is 70.3 Å². The van der Waals surface area contributed by atoms with Crippen LogP contribution in [-0.2, 0) is 16.8 Å². The molecule has 4 rings (SSSR count). The van der Waals surface area contributed by atoms with Gasteiger partial charge in [-0.05, 0) is 54.7 Å². The molecule has 0 bridgehead atoms. The SMILES string of the molecule is Cc1ccccc1C#Cc1ccc2c(c1)C1(CC1)CN(CCC(=O)O)C2. The lowest BCUT2D eigenvalue weighted by atomic mass is 9.85. The molecule has 0 radical (unpaired) electrons. The van der Waals surface area contributed by atoms with Crippen LogP contribution in [0.15, 0.2) is 42.5 Å². The quantitative estimate of drug-likeness (QED) is 0.862. The van der Waals surface area contributed by atoms with Crippen LogP contribution >= 0.6 is 0 Å². The molecule has 1 heterocycles. The highest BCUT2D eigenvalue weighted by atomic mass is 16.4. The summed E-state index contributed by atoms with van der Waals surface area (Å²) in [4.78, 5) is 13.2. The molecule has 1 spiro atoms. The Labute approximate surface area is 154 Å². The van der Waals surface area contributed by atoms with E-state index in [-0.39, 0.29) is 11.8 Å². The molecule has 0 saturated heterocycles. The molecule has 1 N–H and O–H groups in total. The van der Waals surface area contributed by atoms with Gasteiger partial charge in [-0.25, -0.2) is 0 Å². The minimum atomic E-state index is -0.720. The van der Waals surface area contributed by atoms with Gasteiger partial charge < -0.3 is 5.11 Å². The van der Waals surface area contributed by atoms with Gasteiger partial charge in [0.15, 0.2) is 0 Å². The number of nitrogens with zero attached hydrogens (tertiary/aromatic N) is 1. The number of carboxylic acids is 1. The Morgan fingerprint density at radius 3 is 2.73 bits per heavy atom. The molecule has 1 fully saturated rings. The number of fused-ring (bicyclic) bond motifs is 2. The maximum atomic E-state index is 10.9. The molecular formula is C23H23NO2. The summed E-state index contributed by atoms with van der Waals surface area (Å²) in [7, 11) is 0. The second kappa shape index (κ2) is 6.63. The summed E-state index contributed by atoms with van der Waals surface area (Å²) in [5.74, 6) is 5.91. The van der Waals surface area contributed by atoms with Crippen LogP contribution in [0, 0.1) is 18.8 Å². The van der Waals surface area contributed by atoms with Crippen molar-refractivity contribution in [2.24, 2.45) is 0 Å².